The van der Waals surface area contributed by atoms with Gasteiger partial charge in [0.2, 0.25) is 0 Å². The number of anilines is 1. The lowest BCUT2D eigenvalue weighted by molar-refractivity contribution is 0.768. The first-order chi connectivity index (χ1) is 7.63. The molecule has 0 atom stereocenters. The molecular weight excluding hydrogens is 216 g/mol. The van der Waals surface area contributed by atoms with Gasteiger partial charge >= 0.3 is 0 Å². The number of nitrogens with zero attached hydrogens (tertiary/aromatic N) is 1. The topological polar surface area (TPSA) is 29.3 Å². The molecule has 2 N–H and O–H groups in total. The summed E-state index contributed by atoms with van der Waals surface area (Å²) >= 11 is 4.88. The predicted molar refractivity (Wildman–Crippen MR) is 75.1 cm³/mol. The SMILES string of the molecule is CCN(CCCC(N)=S)c1cccc(C)c1. The molecule has 0 aliphatic rings. The number of benzene rings is 1. The van der Waals surface area contributed by atoms with Gasteiger partial charge in [-0.1, -0.05) is 24.4 Å². The molecule has 0 saturated heterocycles. The average Bonchev–Trinajstić information content (AvgIpc) is 2.24. The molecule has 0 amide bonds. The van der Waals surface area contributed by atoms with E-state index in [1.165, 1.54) is 11.3 Å². The van der Waals surface area contributed by atoms with E-state index in [0.717, 1.165) is 25.9 Å². The lowest BCUT2D eigenvalue weighted by atomic mass is 10.2. The largest absolute Gasteiger partial charge is 0.393 e. The highest BCUT2D eigenvalue weighted by Gasteiger charge is 2.03. The molecule has 0 radical (unpaired) electrons. The third kappa shape index (κ3) is 4.19. The fraction of sp³-hybridized carbons (Fsp3) is 0.462. The highest BCUT2D eigenvalue weighted by molar-refractivity contribution is 7.80. The van der Waals surface area contributed by atoms with Crippen LogP contribution in [0.2, 0.25) is 0 Å². The molecule has 0 aliphatic carbocycles. The molecule has 16 heavy (non-hydrogen) atoms. The maximum Gasteiger partial charge on any atom is 0.0728 e. The summed E-state index contributed by atoms with van der Waals surface area (Å²) in [6.07, 6.45) is 1.86. The molecule has 0 heterocycles. The Labute approximate surface area is 103 Å². The number of nitrogens with two attached hydrogens (primary N) is 1. The van der Waals surface area contributed by atoms with E-state index in [-0.39, 0.29) is 0 Å². The van der Waals surface area contributed by atoms with Crippen molar-refractivity contribution in [3.63, 3.8) is 0 Å². The van der Waals surface area contributed by atoms with Crippen LogP contribution in [0.3, 0.4) is 0 Å². The van der Waals surface area contributed by atoms with Crippen LogP contribution in [-0.2, 0) is 0 Å². The number of rotatable bonds is 6. The van der Waals surface area contributed by atoms with Crippen LogP contribution in [-0.4, -0.2) is 18.1 Å². The third-order valence-electron chi connectivity index (χ3n) is 2.60. The Bertz CT molecular complexity index is 350. The second-order valence-corrected chi connectivity index (χ2v) is 4.51. The standard InChI is InChI=1S/C13H20N2S/c1-3-15(9-5-8-13(14)16)12-7-4-6-11(2)10-12/h4,6-7,10H,3,5,8-9H2,1-2H3,(H2,14,16). The quantitative estimate of drug-likeness (QED) is 0.770. The molecular formula is C13H20N2S. The summed E-state index contributed by atoms with van der Waals surface area (Å²) in [6, 6.07) is 8.58. The zero-order valence-corrected chi connectivity index (χ0v) is 10.9. The van der Waals surface area contributed by atoms with Gasteiger partial charge in [-0.3, -0.25) is 0 Å². The van der Waals surface area contributed by atoms with E-state index < -0.39 is 0 Å². The van der Waals surface area contributed by atoms with Crippen molar-refractivity contribution in [3.8, 4) is 0 Å². The van der Waals surface area contributed by atoms with Crippen molar-refractivity contribution in [2.75, 3.05) is 18.0 Å². The summed E-state index contributed by atoms with van der Waals surface area (Å²) in [5, 5.41) is 0. The van der Waals surface area contributed by atoms with Crippen LogP contribution in [0.5, 0.6) is 0 Å². The van der Waals surface area contributed by atoms with E-state index in [1.54, 1.807) is 0 Å². The molecule has 0 bridgehead atoms. The summed E-state index contributed by atoms with van der Waals surface area (Å²) in [7, 11) is 0. The Morgan fingerprint density at radius 1 is 1.44 bits per heavy atom. The van der Waals surface area contributed by atoms with Gasteiger partial charge < -0.3 is 10.6 Å². The molecule has 0 aliphatic heterocycles. The monoisotopic (exact) mass is 236 g/mol. The van der Waals surface area contributed by atoms with Gasteiger partial charge in [0.25, 0.3) is 0 Å². The van der Waals surface area contributed by atoms with Crippen LogP contribution in [0, 0.1) is 6.92 Å². The van der Waals surface area contributed by atoms with E-state index in [2.05, 4.69) is 43.0 Å². The summed E-state index contributed by atoms with van der Waals surface area (Å²) in [5.74, 6) is 0. The molecule has 88 valence electrons. The zero-order valence-electron chi connectivity index (χ0n) is 10.1. The van der Waals surface area contributed by atoms with Crippen molar-refractivity contribution in [3.05, 3.63) is 29.8 Å². The molecule has 0 unspecified atom stereocenters. The molecule has 0 spiro atoms. The lowest BCUT2D eigenvalue weighted by Crippen LogP contribution is -2.25. The van der Waals surface area contributed by atoms with Crippen LogP contribution >= 0.6 is 12.2 Å². The first kappa shape index (κ1) is 13.0. The highest BCUT2D eigenvalue weighted by Crippen LogP contribution is 2.16. The summed E-state index contributed by atoms with van der Waals surface area (Å²) in [6.45, 7) is 6.31. The Morgan fingerprint density at radius 2 is 2.19 bits per heavy atom. The zero-order chi connectivity index (χ0) is 12.0. The molecule has 1 rings (SSSR count). The molecule has 3 heteroatoms. The van der Waals surface area contributed by atoms with Gasteiger partial charge in [0.15, 0.2) is 0 Å². The fourth-order valence-electron chi connectivity index (χ4n) is 1.74. The first-order valence-electron chi connectivity index (χ1n) is 5.73. The van der Waals surface area contributed by atoms with Crippen molar-refractivity contribution < 1.29 is 0 Å². The van der Waals surface area contributed by atoms with Crippen LogP contribution in [0.15, 0.2) is 24.3 Å². The minimum atomic E-state index is 0.611. The van der Waals surface area contributed by atoms with Gasteiger partial charge in [-0.25, -0.2) is 0 Å². The van der Waals surface area contributed by atoms with E-state index in [1.807, 2.05) is 0 Å². The summed E-state index contributed by atoms with van der Waals surface area (Å²) < 4.78 is 0. The van der Waals surface area contributed by atoms with E-state index in [9.17, 15) is 0 Å². The Morgan fingerprint density at radius 3 is 2.75 bits per heavy atom. The number of hydrogen-bond acceptors (Lipinski definition) is 2. The van der Waals surface area contributed by atoms with Gasteiger partial charge in [0, 0.05) is 18.8 Å². The smallest absolute Gasteiger partial charge is 0.0728 e. The molecule has 0 aromatic heterocycles. The van der Waals surface area contributed by atoms with Crippen molar-refractivity contribution in [2.45, 2.75) is 26.7 Å². The minimum absolute atomic E-state index is 0.611. The van der Waals surface area contributed by atoms with Crippen LogP contribution < -0.4 is 10.6 Å². The van der Waals surface area contributed by atoms with Gasteiger partial charge in [0.05, 0.1) is 4.99 Å². The van der Waals surface area contributed by atoms with E-state index in [0.29, 0.717) is 4.99 Å². The van der Waals surface area contributed by atoms with Gasteiger partial charge in [-0.2, -0.15) is 0 Å². The molecule has 1 aromatic carbocycles. The maximum absolute atomic E-state index is 5.50. The second-order valence-electron chi connectivity index (χ2n) is 3.99. The van der Waals surface area contributed by atoms with Crippen LogP contribution in [0.25, 0.3) is 0 Å². The summed E-state index contributed by atoms with van der Waals surface area (Å²) in [5.41, 5.74) is 8.08. The molecule has 2 nitrogen and oxygen atoms in total. The van der Waals surface area contributed by atoms with Crippen LogP contribution in [0.1, 0.15) is 25.3 Å². The first-order valence-corrected chi connectivity index (χ1v) is 6.14. The maximum atomic E-state index is 5.50. The van der Waals surface area contributed by atoms with E-state index in [4.69, 9.17) is 18.0 Å². The van der Waals surface area contributed by atoms with Gasteiger partial charge in [-0.05, 0) is 44.4 Å². The Balaban J connectivity index is 2.57. The summed E-state index contributed by atoms with van der Waals surface area (Å²) in [4.78, 5) is 2.96. The minimum Gasteiger partial charge on any atom is -0.393 e. The molecule has 0 saturated carbocycles. The second kappa shape index (κ2) is 6.48. The van der Waals surface area contributed by atoms with Crippen molar-refractivity contribution in [1.29, 1.82) is 0 Å². The van der Waals surface area contributed by atoms with Crippen molar-refractivity contribution >= 4 is 22.9 Å². The predicted octanol–water partition coefficient (Wildman–Crippen LogP) is 2.89. The Hall–Kier alpha value is -1.09. The Kier molecular flexibility index (Phi) is 5.26. The molecule has 0 fully saturated rings. The van der Waals surface area contributed by atoms with Crippen LogP contribution in [0.4, 0.5) is 5.69 Å². The number of hydrogen-bond donors (Lipinski definition) is 1. The van der Waals surface area contributed by atoms with E-state index >= 15 is 0 Å². The average molecular weight is 236 g/mol. The fourth-order valence-corrected chi connectivity index (χ4v) is 1.88. The van der Waals surface area contributed by atoms with Crippen molar-refractivity contribution in [1.82, 2.24) is 0 Å². The normalized spacial score (nSPS) is 10.1. The van der Waals surface area contributed by atoms with Gasteiger partial charge in [-0.15, -0.1) is 0 Å². The highest BCUT2D eigenvalue weighted by atomic mass is 32.1. The lowest BCUT2D eigenvalue weighted by Gasteiger charge is -2.23. The molecule has 1 aromatic rings. The third-order valence-corrected chi connectivity index (χ3v) is 2.80. The van der Waals surface area contributed by atoms with Crippen molar-refractivity contribution in [2.24, 2.45) is 5.73 Å². The van der Waals surface area contributed by atoms with Gasteiger partial charge in [0.1, 0.15) is 0 Å². The number of thiocarbonyl (C=S) groups is 1. The number of aryl methyl sites for hydroxylation is 1.